The van der Waals surface area contributed by atoms with Crippen molar-refractivity contribution in [3.05, 3.63) is 11.6 Å². The van der Waals surface area contributed by atoms with E-state index < -0.39 is 80.2 Å². The highest BCUT2D eigenvalue weighted by Crippen LogP contribution is 2.67. The second kappa shape index (κ2) is 23.8. The van der Waals surface area contributed by atoms with E-state index in [9.17, 15) is 55.2 Å². The Morgan fingerprint density at radius 3 is 2.34 bits per heavy atom. The van der Waals surface area contributed by atoms with Gasteiger partial charge in [0.1, 0.15) is 55.4 Å². The Hall–Kier alpha value is -2.29. The largest absolute Gasteiger partial charge is 0.462 e. The minimum atomic E-state index is -2.23. The highest BCUT2D eigenvalue weighted by atomic mass is 16.7. The number of esters is 1. The van der Waals surface area contributed by atoms with Crippen molar-refractivity contribution >= 4 is 17.8 Å². The summed E-state index contributed by atoms with van der Waals surface area (Å²) in [5.74, 6) is 2.61. The molecule has 9 N–H and O–H groups in total. The van der Waals surface area contributed by atoms with Crippen LogP contribution < -0.4 is 5.32 Å². The van der Waals surface area contributed by atoms with Crippen LogP contribution >= 0.6 is 0 Å². The third-order valence-electron chi connectivity index (χ3n) is 16.3. The van der Waals surface area contributed by atoms with Crippen molar-refractivity contribution in [2.24, 2.45) is 46.3 Å². The van der Waals surface area contributed by atoms with E-state index in [2.05, 4.69) is 46.0 Å². The van der Waals surface area contributed by atoms with Gasteiger partial charge in [-0.2, -0.15) is 0 Å². The van der Waals surface area contributed by atoms with Gasteiger partial charge in [-0.25, -0.2) is 0 Å². The number of hydrogen-bond donors (Lipinski definition) is 9. The second-order valence-corrected chi connectivity index (χ2v) is 20.8. The van der Waals surface area contributed by atoms with Crippen LogP contribution in [0.25, 0.3) is 0 Å². The Morgan fingerprint density at radius 1 is 0.923 bits per heavy atom. The number of hydrogen-bond acceptors (Lipinski definition) is 15. The molecule has 3 saturated carbocycles. The van der Waals surface area contributed by atoms with E-state index in [1.807, 2.05) is 0 Å². The molecule has 4 aliphatic carbocycles. The number of allylic oxidation sites excluding steroid dienone is 1. The van der Waals surface area contributed by atoms with E-state index in [-0.39, 0.29) is 56.5 Å². The molecule has 5 aliphatic rings. The van der Waals surface area contributed by atoms with Crippen LogP contribution in [-0.4, -0.2) is 171 Å². The highest BCUT2D eigenvalue weighted by molar-refractivity contribution is 5.81. The minimum absolute atomic E-state index is 0.0371. The standard InChI is InChI=1S/C48H82N2O15/c1-27(2)9-7-10-28(3)32-13-14-33-31-12-11-29-23-30(15-18-47(29,4)34(31)16-19-48(32,33)5)63-38(55)17-22-50(37(54)26-62-6)21-8-20-49-45(61)42(59)41(58)44(35(53)24-51)65-46-43(60)40(57)39(56)36(25-52)64-46/h11,27-28,30-36,39-44,46,51-53,56-60H,7-10,12-26H2,1-6H3,(H,49,61)/t28-,30?,31+,32-,33+,34+,35?,36?,39+,40+,41?,42?,43?,44?,46+,47+,48-/m1/s1. The van der Waals surface area contributed by atoms with Crippen LogP contribution in [0.5, 0.6) is 0 Å². The van der Waals surface area contributed by atoms with Gasteiger partial charge in [0.15, 0.2) is 12.4 Å². The summed E-state index contributed by atoms with van der Waals surface area (Å²) in [5, 5.41) is 83.7. The predicted molar refractivity (Wildman–Crippen MR) is 237 cm³/mol. The van der Waals surface area contributed by atoms with Crippen LogP contribution in [0.3, 0.4) is 0 Å². The average Bonchev–Trinajstić information content (AvgIpc) is 3.64. The zero-order valence-corrected chi connectivity index (χ0v) is 39.6. The van der Waals surface area contributed by atoms with Crippen LogP contribution in [0.4, 0.5) is 0 Å². The highest BCUT2D eigenvalue weighted by Gasteiger charge is 2.59. The van der Waals surface area contributed by atoms with Crippen molar-refractivity contribution in [1.29, 1.82) is 0 Å². The normalized spacial score (nSPS) is 35.7. The molecule has 4 fully saturated rings. The second-order valence-electron chi connectivity index (χ2n) is 20.8. The van der Waals surface area contributed by atoms with E-state index in [0.29, 0.717) is 17.3 Å². The Kier molecular flexibility index (Phi) is 19.7. The molecule has 7 unspecified atom stereocenters. The van der Waals surface area contributed by atoms with Crippen molar-refractivity contribution in [3.63, 3.8) is 0 Å². The lowest BCUT2D eigenvalue weighted by atomic mass is 9.47. The van der Waals surface area contributed by atoms with Crippen LogP contribution in [-0.2, 0) is 33.3 Å². The summed E-state index contributed by atoms with van der Waals surface area (Å²) in [4.78, 5) is 40.6. The number of aliphatic hydroxyl groups excluding tert-OH is 8. The molecule has 1 aliphatic heterocycles. The Bertz CT molecular complexity index is 1580. The number of amides is 2. The minimum Gasteiger partial charge on any atom is -0.462 e. The smallest absolute Gasteiger partial charge is 0.307 e. The SMILES string of the molecule is COCC(=O)N(CCCNC(=O)C(O)C(O)C(O[C@@H]1OC(CO)[C@H](O)[C@H](O)C1O)C(O)CO)CCC(=O)OC1CC[C@@]2(C)C(=CC[C@H]3[C@@H]4CC[C@H]([C@H](C)CCCC(C)C)[C@@]4(C)CC[C@@H]32)C1. The van der Waals surface area contributed by atoms with E-state index in [1.54, 1.807) is 0 Å². The van der Waals surface area contributed by atoms with E-state index in [4.69, 9.17) is 18.9 Å². The first kappa shape index (κ1) is 53.7. The summed E-state index contributed by atoms with van der Waals surface area (Å²) in [6.07, 6.45) is -1.74. The average molecular weight is 927 g/mol. The number of carbonyl (C=O) groups is 3. The Balaban J connectivity index is 1.08. The fourth-order valence-corrected chi connectivity index (χ4v) is 12.6. The zero-order valence-electron chi connectivity index (χ0n) is 39.6. The van der Waals surface area contributed by atoms with Gasteiger partial charge in [-0.05, 0) is 97.7 Å². The number of fused-ring (bicyclic) bond motifs is 5. The maximum absolute atomic E-state index is 13.3. The van der Waals surface area contributed by atoms with E-state index in [1.165, 1.54) is 62.5 Å². The van der Waals surface area contributed by atoms with Crippen LogP contribution in [0.2, 0.25) is 0 Å². The molecule has 0 radical (unpaired) electrons. The maximum atomic E-state index is 13.3. The lowest BCUT2D eigenvalue weighted by Crippen LogP contribution is -2.62. The molecule has 65 heavy (non-hydrogen) atoms. The fourth-order valence-electron chi connectivity index (χ4n) is 12.6. The number of carbonyl (C=O) groups excluding carboxylic acids is 3. The molecule has 1 saturated heterocycles. The van der Waals surface area contributed by atoms with Crippen molar-refractivity contribution in [2.45, 2.75) is 179 Å². The van der Waals surface area contributed by atoms with Crippen molar-refractivity contribution in [1.82, 2.24) is 10.2 Å². The molecule has 0 bridgehead atoms. The zero-order chi connectivity index (χ0) is 47.8. The molecule has 0 aromatic heterocycles. The Morgan fingerprint density at radius 2 is 1.66 bits per heavy atom. The molecular weight excluding hydrogens is 845 g/mol. The number of aliphatic hydroxyl groups is 8. The van der Waals surface area contributed by atoms with Gasteiger partial charge in [0.2, 0.25) is 5.91 Å². The summed E-state index contributed by atoms with van der Waals surface area (Å²) in [5.41, 5.74) is 1.97. The van der Waals surface area contributed by atoms with E-state index in [0.717, 1.165) is 49.4 Å². The Labute approximate surface area is 385 Å². The van der Waals surface area contributed by atoms with E-state index >= 15 is 0 Å². The molecule has 17 atom stereocenters. The third-order valence-corrected chi connectivity index (χ3v) is 16.3. The molecule has 17 heteroatoms. The van der Waals surface area contributed by atoms with Crippen molar-refractivity contribution < 1.29 is 74.2 Å². The summed E-state index contributed by atoms with van der Waals surface area (Å²) in [6, 6.07) is 0. The van der Waals surface area contributed by atoms with Gasteiger partial charge >= 0.3 is 5.97 Å². The van der Waals surface area contributed by atoms with Gasteiger partial charge < -0.3 is 70.0 Å². The van der Waals surface area contributed by atoms with Crippen molar-refractivity contribution in [3.8, 4) is 0 Å². The molecule has 0 aromatic rings. The summed E-state index contributed by atoms with van der Waals surface area (Å²) >= 11 is 0. The van der Waals surface area contributed by atoms with Gasteiger partial charge in [-0.15, -0.1) is 0 Å². The number of nitrogens with zero attached hydrogens (tertiary/aromatic N) is 1. The first-order chi connectivity index (χ1) is 30.8. The third kappa shape index (κ3) is 12.5. The lowest BCUT2D eigenvalue weighted by Gasteiger charge is -2.58. The van der Waals surface area contributed by atoms with Gasteiger partial charge in [0.05, 0.1) is 19.6 Å². The molecule has 1 heterocycles. The number of nitrogens with one attached hydrogen (secondary N) is 1. The number of ether oxygens (including phenoxy) is 4. The predicted octanol–water partition coefficient (Wildman–Crippen LogP) is 1.57. The van der Waals surface area contributed by atoms with Crippen LogP contribution in [0.1, 0.15) is 118 Å². The summed E-state index contributed by atoms with van der Waals surface area (Å²) in [7, 11) is 1.38. The van der Waals surface area contributed by atoms with Gasteiger partial charge in [0, 0.05) is 33.2 Å². The molecule has 374 valence electrons. The summed E-state index contributed by atoms with van der Waals surface area (Å²) < 4.78 is 21.7. The van der Waals surface area contributed by atoms with Gasteiger partial charge in [0.25, 0.3) is 5.91 Å². The first-order valence-electron chi connectivity index (χ1n) is 24.4. The molecule has 0 aromatic carbocycles. The number of methoxy groups -OCH3 is 1. The quantitative estimate of drug-likeness (QED) is 0.0400. The fraction of sp³-hybridized carbons (Fsp3) is 0.896. The van der Waals surface area contributed by atoms with Gasteiger partial charge in [-0.3, -0.25) is 14.4 Å². The van der Waals surface area contributed by atoms with Crippen LogP contribution in [0, 0.1) is 46.3 Å². The molecule has 0 spiro atoms. The molecule has 5 rings (SSSR count). The first-order valence-corrected chi connectivity index (χ1v) is 24.4. The van der Waals surface area contributed by atoms with Gasteiger partial charge in [-0.1, -0.05) is 65.5 Å². The lowest BCUT2D eigenvalue weighted by molar-refractivity contribution is -0.326. The number of rotatable bonds is 23. The maximum Gasteiger partial charge on any atom is 0.307 e. The molecular formula is C48H82N2O15. The topological polar surface area (TPSA) is 265 Å². The van der Waals surface area contributed by atoms with Crippen LogP contribution in [0.15, 0.2) is 11.6 Å². The van der Waals surface area contributed by atoms with Crippen molar-refractivity contribution in [2.75, 3.05) is 46.6 Å². The molecule has 2 amide bonds. The summed E-state index contributed by atoms with van der Waals surface area (Å²) in [6.45, 7) is 10.3. The molecule has 17 nitrogen and oxygen atoms in total. The monoisotopic (exact) mass is 927 g/mol.